The molecular weight excluding hydrogens is 251 g/mol. The SMILES string of the molecule is N#Cc1cc(NCCCCc2ccccc2)ccc1F. The van der Waals surface area contributed by atoms with Crippen molar-refractivity contribution < 1.29 is 4.39 Å². The van der Waals surface area contributed by atoms with Crippen molar-refractivity contribution in [2.75, 3.05) is 11.9 Å². The molecule has 0 saturated heterocycles. The van der Waals surface area contributed by atoms with Crippen LogP contribution in [0.25, 0.3) is 0 Å². The van der Waals surface area contributed by atoms with Gasteiger partial charge in [-0.1, -0.05) is 30.3 Å². The van der Waals surface area contributed by atoms with E-state index >= 15 is 0 Å². The summed E-state index contributed by atoms with van der Waals surface area (Å²) in [6.07, 6.45) is 3.20. The largest absolute Gasteiger partial charge is 0.385 e. The first-order valence-electron chi connectivity index (χ1n) is 6.77. The van der Waals surface area contributed by atoms with Crippen molar-refractivity contribution in [3.05, 3.63) is 65.5 Å². The van der Waals surface area contributed by atoms with Crippen molar-refractivity contribution in [3.63, 3.8) is 0 Å². The summed E-state index contributed by atoms with van der Waals surface area (Å²) in [6.45, 7) is 0.823. The predicted octanol–water partition coefficient (Wildman–Crippen LogP) is 4.13. The van der Waals surface area contributed by atoms with Gasteiger partial charge in [-0.25, -0.2) is 4.39 Å². The minimum Gasteiger partial charge on any atom is -0.385 e. The van der Waals surface area contributed by atoms with Gasteiger partial charge in [-0.15, -0.1) is 0 Å². The molecule has 0 radical (unpaired) electrons. The van der Waals surface area contributed by atoms with E-state index in [-0.39, 0.29) is 5.56 Å². The first-order chi connectivity index (χ1) is 9.79. The van der Waals surface area contributed by atoms with Crippen LogP contribution in [0.15, 0.2) is 48.5 Å². The Balaban J connectivity index is 1.72. The second-order valence-corrected chi connectivity index (χ2v) is 4.68. The standard InChI is InChI=1S/C17H17FN2/c18-17-10-9-16(12-15(17)13-19)20-11-5-4-8-14-6-2-1-3-7-14/h1-3,6-7,9-10,12,20H,4-5,8,11H2. The average molecular weight is 268 g/mol. The van der Waals surface area contributed by atoms with E-state index in [1.807, 2.05) is 12.1 Å². The van der Waals surface area contributed by atoms with Gasteiger partial charge < -0.3 is 5.32 Å². The molecule has 0 aliphatic heterocycles. The third-order valence-corrected chi connectivity index (χ3v) is 3.15. The van der Waals surface area contributed by atoms with Crippen LogP contribution in [-0.2, 0) is 6.42 Å². The molecule has 0 aliphatic carbocycles. The second kappa shape index (κ2) is 7.30. The van der Waals surface area contributed by atoms with E-state index in [1.165, 1.54) is 11.6 Å². The fourth-order valence-electron chi connectivity index (χ4n) is 2.05. The summed E-state index contributed by atoms with van der Waals surface area (Å²) in [4.78, 5) is 0. The van der Waals surface area contributed by atoms with Gasteiger partial charge in [0.05, 0.1) is 5.56 Å². The Morgan fingerprint density at radius 1 is 1.05 bits per heavy atom. The molecule has 0 fully saturated rings. The first kappa shape index (κ1) is 14.1. The molecule has 20 heavy (non-hydrogen) atoms. The van der Waals surface area contributed by atoms with Crippen molar-refractivity contribution in [3.8, 4) is 6.07 Å². The van der Waals surface area contributed by atoms with Crippen LogP contribution in [0.5, 0.6) is 0 Å². The highest BCUT2D eigenvalue weighted by Crippen LogP contribution is 2.14. The number of nitrogens with one attached hydrogen (secondary N) is 1. The zero-order valence-electron chi connectivity index (χ0n) is 11.3. The fourth-order valence-corrected chi connectivity index (χ4v) is 2.05. The minimum atomic E-state index is -0.470. The molecule has 1 N–H and O–H groups in total. The zero-order valence-corrected chi connectivity index (χ0v) is 11.3. The number of anilines is 1. The summed E-state index contributed by atoms with van der Waals surface area (Å²) in [5.41, 5.74) is 2.22. The average Bonchev–Trinajstić information content (AvgIpc) is 2.49. The van der Waals surface area contributed by atoms with Crippen molar-refractivity contribution >= 4 is 5.69 Å². The first-order valence-corrected chi connectivity index (χ1v) is 6.77. The quantitative estimate of drug-likeness (QED) is 0.799. The van der Waals surface area contributed by atoms with E-state index in [2.05, 4.69) is 29.6 Å². The molecule has 0 spiro atoms. The lowest BCUT2D eigenvalue weighted by atomic mass is 10.1. The number of nitrogens with zero attached hydrogens (tertiary/aromatic N) is 1. The van der Waals surface area contributed by atoms with E-state index < -0.39 is 5.82 Å². The maximum absolute atomic E-state index is 13.2. The van der Waals surface area contributed by atoms with E-state index in [0.29, 0.717) is 0 Å². The highest BCUT2D eigenvalue weighted by atomic mass is 19.1. The van der Waals surface area contributed by atoms with E-state index in [4.69, 9.17) is 5.26 Å². The van der Waals surface area contributed by atoms with Crippen LogP contribution in [0.4, 0.5) is 10.1 Å². The van der Waals surface area contributed by atoms with Gasteiger partial charge in [-0.05, 0) is 43.0 Å². The Labute approximate surface area is 118 Å². The van der Waals surface area contributed by atoms with Gasteiger partial charge in [0.15, 0.2) is 0 Å². The lowest BCUT2D eigenvalue weighted by Gasteiger charge is -2.07. The number of hydrogen-bond acceptors (Lipinski definition) is 2. The molecule has 2 nitrogen and oxygen atoms in total. The van der Waals surface area contributed by atoms with Crippen LogP contribution in [0, 0.1) is 17.1 Å². The third-order valence-electron chi connectivity index (χ3n) is 3.15. The number of nitriles is 1. The molecule has 0 atom stereocenters. The Kier molecular flexibility index (Phi) is 5.14. The fraction of sp³-hybridized carbons (Fsp3) is 0.235. The van der Waals surface area contributed by atoms with E-state index in [1.54, 1.807) is 12.1 Å². The maximum Gasteiger partial charge on any atom is 0.141 e. The zero-order chi connectivity index (χ0) is 14.2. The third kappa shape index (κ3) is 4.10. The van der Waals surface area contributed by atoms with Crippen molar-refractivity contribution in [2.45, 2.75) is 19.3 Å². The molecule has 2 rings (SSSR count). The lowest BCUT2D eigenvalue weighted by molar-refractivity contribution is 0.624. The molecule has 2 aromatic rings. The molecule has 2 aromatic carbocycles. The molecule has 102 valence electrons. The summed E-state index contributed by atoms with van der Waals surface area (Å²) in [5, 5.41) is 12.0. The maximum atomic E-state index is 13.2. The lowest BCUT2D eigenvalue weighted by Crippen LogP contribution is -2.02. The molecule has 0 aromatic heterocycles. The molecule has 0 aliphatic rings. The summed E-state index contributed by atoms with van der Waals surface area (Å²) < 4.78 is 13.2. The highest BCUT2D eigenvalue weighted by Gasteiger charge is 2.02. The number of unbranched alkanes of at least 4 members (excludes halogenated alkanes) is 1. The van der Waals surface area contributed by atoms with Crippen LogP contribution < -0.4 is 5.32 Å². The van der Waals surface area contributed by atoms with Gasteiger partial charge in [0.2, 0.25) is 0 Å². The summed E-state index contributed by atoms with van der Waals surface area (Å²) in [5.74, 6) is -0.470. The van der Waals surface area contributed by atoms with Crippen molar-refractivity contribution in [2.24, 2.45) is 0 Å². The molecule has 0 bridgehead atoms. The van der Waals surface area contributed by atoms with Crippen LogP contribution in [0.3, 0.4) is 0 Å². The number of aryl methyl sites for hydroxylation is 1. The minimum absolute atomic E-state index is 0.0827. The van der Waals surface area contributed by atoms with Crippen molar-refractivity contribution in [1.29, 1.82) is 5.26 Å². The molecular formula is C17H17FN2. The summed E-state index contributed by atoms with van der Waals surface area (Å²) in [6, 6.07) is 16.8. The monoisotopic (exact) mass is 268 g/mol. The smallest absolute Gasteiger partial charge is 0.141 e. The van der Waals surface area contributed by atoms with Gasteiger partial charge in [-0.2, -0.15) is 5.26 Å². The molecule has 3 heteroatoms. The van der Waals surface area contributed by atoms with E-state index in [0.717, 1.165) is 31.5 Å². The molecule has 0 heterocycles. The number of hydrogen-bond donors (Lipinski definition) is 1. The summed E-state index contributed by atoms with van der Waals surface area (Å²) >= 11 is 0. The highest BCUT2D eigenvalue weighted by molar-refractivity contribution is 5.49. The van der Waals surface area contributed by atoms with Crippen LogP contribution in [0.2, 0.25) is 0 Å². The van der Waals surface area contributed by atoms with Gasteiger partial charge in [-0.3, -0.25) is 0 Å². The van der Waals surface area contributed by atoms with Crippen LogP contribution in [-0.4, -0.2) is 6.54 Å². The molecule has 0 amide bonds. The number of halogens is 1. The van der Waals surface area contributed by atoms with Crippen molar-refractivity contribution in [1.82, 2.24) is 0 Å². The van der Waals surface area contributed by atoms with Gasteiger partial charge in [0.1, 0.15) is 11.9 Å². The van der Waals surface area contributed by atoms with Gasteiger partial charge >= 0.3 is 0 Å². The Morgan fingerprint density at radius 3 is 2.60 bits per heavy atom. The predicted molar refractivity (Wildman–Crippen MR) is 79.0 cm³/mol. The topological polar surface area (TPSA) is 35.8 Å². The molecule has 0 unspecified atom stereocenters. The number of benzene rings is 2. The van der Waals surface area contributed by atoms with Crippen LogP contribution in [0.1, 0.15) is 24.0 Å². The van der Waals surface area contributed by atoms with E-state index in [9.17, 15) is 4.39 Å². The van der Waals surface area contributed by atoms with Gasteiger partial charge in [0, 0.05) is 12.2 Å². The Bertz CT molecular complexity index is 588. The normalized spacial score (nSPS) is 10.0. The Morgan fingerprint density at radius 2 is 1.85 bits per heavy atom. The second-order valence-electron chi connectivity index (χ2n) is 4.68. The van der Waals surface area contributed by atoms with Gasteiger partial charge in [0.25, 0.3) is 0 Å². The molecule has 0 saturated carbocycles. The summed E-state index contributed by atoms with van der Waals surface area (Å²) in [7, 11) is 0. The number of rotatable bonds is 6. The van der Waals surface area contributed by atoms with Crippen LogP contribution >= 0.6 is 0 Å². The Hall–Kier alpha value is -2.34.